The molecule has 2 heterocycles. The second-order valence-electron chi connectivity index (χ2n) is 4.97. The van der Waals surface area contributed by atoms with Crippen molar-refractivity contribution in [2.24, 2.45) is 4.99 Å². The minimum absolute atomic E-state index is 0.00415. The molecule has 1 aromatic rings. The number of fused-ring (bicyclic) bond motifs is 1. The molecule has 0 unspecified atom stereocenters. The van der Waals surface area contributed by atoms with Crippen LogP contribution in [0.3, 0.4) is 0 Å². The Morgan fingerprint density at radius 1 is 1.32 bits per heavy atom. The molecule has 2 aliphatic heterocycles. The fourth-order valence-corrected chi connectivity index (χ4v) is 7.21. The molecule has 0 saturated carbocycles. The summed E-state index contributed by atoms with van der Waals surface area (Å²) in [6, 6.07) is 8.49. The van der Waals surface area contributed by atoms with Crippen molar-refractivity contribution >= 4 is 37.7 Å². The normalized spacial score (nSPS) is 28.2. The van der Waals surface area contributed by atoms with Crippen molar-refractivity contribution in [1.82, 2.24) is 0 Å². The second-order valence-corrected chi connectivity index (χ2v) is 9.57. The van der Waals surface area contributed by atoms with Gasteiger partial charge in [-0.1, -0.05) is 53.4 Å². The van der Waals surface area contributed by atoms with Gasteiger partial charge in [0.1, 0.15) is 4.38 Å². The van der Waals surface area contributed by atoms with E-state index in [9.17, 15) is 8.42 Å². The highest BCUT2D eigenvalue weighted by Gasteiger charge is 2.42. The number of nitrogens with zero attached hydrogens (tertiary/aromatic N) is 1. The van der Waals surface area contributed by atoms with Gasteiger partial charge >= 0.3 is 0 Å². The summed E-state index contributed by atoms with van der Waals surface area (Å²) in [7, 11) is -2.84. The zero-order valence-corrected chi connectivity index (χ0v) is 13.0. The summed E-state index contributed by atoms with van der Waals surface area (Å²) < 4.78 is 24.0. The monoisotopic (exact) mass is 313 g/mol. The first-order valence-corrected chi connectivity index (χ1v) is 9.84. The Morgan fingerprint density at radius 2 is 2.05 bits per heavy atom. The molecule has 3 rings (SSSR count). The quantitative estimate of drug-likeness (QED) is 0.841. The first-order chi connectivity index (χ1) is 9.02. The van der Waals surface area contributed by atoms with Crippen molar-refractivity contribution in [3.63, 3.8) is 0 Å². The smallest absolute Gasteiger partial charge is 0.153 e. The molecule has 1 aromatic carbocycles. The van der Waals surface area contributed by atoms with Crippen molar-refractivity contribution in [1.29, 1.82) is 0 Å². The number of thioether (sulfide) groups is 2. The van der Waals surface area contributed by atoms with Crippen molar-refractivity contribution in [3.8, 4) is 0 Å². The molecule has 0 aromatic heterocycles. The van der Waals surface area contributed by atoms with Crippen molar-refractivity contribution in [3.05, 3.63) is 35.4 Å². The molecular formula is C13H15NO2S3. The zero-order chi connectivity index (χ0) is 13.5. The summed E-state index contributed by atoms with van der Waals surface area (Å²) in [5.74, 6) is 1.43. The van der Waals surface area contributed by atoms with Crippen molar-refractivity contribution in [2.75, 3.05) is 11.5 Å². The third-order valence-electron chi connectivity index (χ3n) is 3.28. The number of benzene rings is 1. The number of hydrogen-bond donors (Lipinski definition) is 0. The van der Waals surface area contributed by atoms with Crippen LogP contribution in [0.1, 0.15) is 11.1 Å². The van der Waals surface area contributed by atoms with Crippen LogP contribution in [0.25, 0.3) is 0 Å². The van der Waals surface area contributed by atoms with Gasteiger partial charge in [-0.2, -0.15) is 0 Å². The lowest BCUT2D eigenvalue weighted by Crippen LogP contribution is -2.12. The molecule has 2 aliphatic rings. The largest absolute Gasteiger partial charge is 0.266 e. The summed E-state index contributed by atoms with van der Waals surface area (Å²) in [5.41, 5.74) is 2.55. The summed E-state index contributed by atoms with van der Waals surface area (Å²) in [4.78, 5) is 4.54. The third-order valence-corrected chi connectivity index (χ3v) is 7.77. The van der Waals surface area contributed by atoms with Crippen LogP contribution in [-0.4, -0.2) is 35.6 Å². The van der Waals surface area contributed by atoms with Crippen molar-refractivity contribution in [2.45, 2.75) is 24.0 Å². The predicted octanol–water partition coefficient (Wildman–Crippen LogP) is 2.50. The molecule has 2 atom stereocenters. The maximum atomic E-state index is 11.5. The summed E-state index contributed by atoms with van der Waals surface area (Å²) in [6.45, 7) is 2.08. The average Bonchev–Trinajstić information content (AvgIpc) is 2.81. The van der Waals surface area contributed by atoms with Gasteiger partial charge in [0.05, 0.1) is 17.5 Å². The molecule has 3 nitrogen and oxygen atoms in total. The van der Waals surface area contributed by atoms with Gasteiger partial charge in [-0.15, -0.1) is 0 Å². The summed E-state index contributed by atoms with van der Waals surface area (Å²) >= 11 is 3.36. The molecule has 0 amide bonds. The fourth-order valence-electron chi connectivity index (χ4n) is 2.23. The van der Waals surface area contributed by atoms with Gasteiger partial charge < -0.3 is 0 Å². The van der Waals surface area contributed by atoms with E-state index in [-0.39, 0.29) is 17.0 Å². The van der Waals surface area contributed by atoms with Crippen LogP contribution in [0.5, 0.6) is 0 Å². The number of hydrogen-bond acceptors (Lipinski definition) is 5. The number of aliphatic imine (C=N–C) groups is 1. The minimum Gasteiger partial charge on any atom is -0.266 e. The highest BCUT2D eigenvalue weighted by atomic mass is 32.2. The molecule has 1 saturated heterocycles. The van der Waals surface area contributed by atoms with E-state index in [4.69, 9.17) is 0 Å². The van der Waals surface area contributed by atoms with Gasteiger partial charge in [0.25, 0.3) is 0 Å². The molecule has 0 radical (unpaired) electrons. The lowest BCUT2D eigenvalue weighted by atomic mass is 10.2. The number of rotatable bonds is 2. The molecule has 0 N–H and O–H groups in total. The van der Waals surface area contributed by atoms with Crippen LogP contribution in [-0.2, 0) is 15.6 Å². The van der Waals surface area contributed by atoms with Gasteiger partial charge in [-0.25, -0.2) is 8.42 Å². The molecule has 6 heteroatoms. The Bertz CT molecular complexity index is 607. The summed E-state index contributed by atoms with van der Waals surface area (Å²) in [5, 5.41) is 0.158. The van der Waals surface area contributed by atoms with E-state index in [1.165, 1.54) is 11.1 Å². The topological polar surface area (TPSA) is 46.5 Å². The van der Waals surface area contributed by atoms with E-state index >= 15 is 0 Å². The van der Waals surface area contributed by atoms with E-state index in [0.29, 0.717) is 5.75 Å². The summed E-state index contributed by atoms with van der Waals surface area (Å²) in [6.07, 6.45) is 0. The van der Waals surface area contributed by atoms with Crippen LogP contribution in [0.2, 0.25) is 0 Å². The van der Waals surface area contributed by atoms with Gasteiger partial charge in [0, 0.05) is 11.0 Å². The van der Waals surface area contributed by atoms with Crippen LogP contribution in [0.15, 0.2) is 29.3 Å². The highest BCUT2D eigenvalue weighted by molar-refractivity contribution is 8.39. The van der Waals surface area contributed by atoms with Crippen LogP contribution in [0.4, 0.5) is 0 Å². The Kier molecular flexibility index (Phi) is 3.66. The van der Waals surface area contributed by atoms with Gasteiger partial charge in [0.15, 0.2) is 9.84 Å². The predicted molar refractivity (Wildman–Crippen MR) is 83.7 cm³/mol. The second kappa shape index (κ2) is 5.14. The maximum absolute atomic E-state index is 11.5. The van der Waals surface area contributed by atoms with E-state index in [2.05, 4.69) is 36.2 Å². The van der Waals surface area contributed by atoms with Gasteiger partial charge in [-0.05, 0) is 12.5 Å². The third kappa shape index (κ3) is 3.17. The van der Waals surface area contributed by atoms with Gasteiger partial charge in [0.2, 0.25) is 0 Å². The van der Waals surface area contributed by atoms with Crippen LogP contribution >= 0.6 is 23.5 Å². The Labute approximate surface area is 122 Å². The van der Waals surface area contributed by atoms with E-state index in [0.717, 1.165) is 10.1 Å². The van der Waals surface area contributed by atoms with Crippen molar-refractivity contribution < 1.29 is 8.42 Å². The molecule has 0 aliphatic carbocycles. The first-order valence-electron chi connectivity index (χ1n) is 6.15. The van der Waals surface area contributed by atoms with Crippen LogP contribution in [0, 0.1) is 6.92 Å². The highest BCUT2D eigenvalue weighted by Crippen LogP contribution is 2.38. The average molecular weight is 313 g/mol. The molecule has 102 valence electrons. The Morgan fingerprint density at radius 3 is 2.74 bits per heavy atom. The van der Waals surface area contributed by atoms with E-state index in [1.807, 2.05) is 0 Å². The molecular weight excluding hydrogens is 298 g/mol. The molecule has 0 spiro atoms. The number of aryl methyl sites for hydroxylation is 1. The molecule has 0 bridgehead atoms. The zero-order valence-electron chi connectivity index (χ0n) is 10.6. The fraction of sp³-hybridized carbons (Fsp3) is 0.462. The first kappa shape index (κ1) is 13.5. The molecule has 1 fully saturated rings. The van der Waals surface area contributed by atoms with Crippen LogP contribution < -0.4 is 0 Å². The lowest BCUT2D eigenvalue weighted by Gasteiger charge is -2.03. The van der Waals surface area contributed by atoms with E-state index in [1.54, 1.807) is 23.5 Å². The lowest BCUT2D eigenvalue weighted by molar-refractivity contribution is 0.601. The standard InChI is InChI=1S/C13H15NO2S3/c1-9-2-4-10(5-3-9)6-17-13-14-11-7-19(15,16)8-12(11)18-13/h2-5,11-12H,6-8H2,1H3/t11-,12-/m1/s1. The van der Waals surface area contributed by atoms with Gasteiger partial charge in [-0.3, -0.25) is 4.99 Å². The SMILES string of the molecule is Cc1ccc(CSC2=N[C@@H]3CS(=O)(=O)C[C@H]3S2)cc1. The Hall–Kier alpha value is -0.460. The number of sulfone groups is 1. The molecule has 19 heavy (non-hydrogen) atoms. The van der Waals surface area contributed by atoms with E-state index < -0.39 is 9.84 Å². The Balaban J connectivity index is 1.59. The maximum Gasteiger partial charge on any atom is 0.153 e. The minimum atomic E-state index is -2.84.